The van der Waals surface area contributed by atoms with Crippen molar-refractivity contribution in [3.8, 4) is 0 Å². The normalized spacial score (nSPS) is 32.5. The van der Waals surface area contributed by atoms with Crippen molar-refractivity contribution in [2.24, 2.45) is 17.8 Å². The van der Waals surface area contributed by atoms with E-state index in [9.17, 15) is 18.8 Å². The van der Waals surface area contributed by atoms with Crippen LogP contribution in [-0.2, 0) is 19.9 Å². The van der Waals surface area contributed by atoms with Gasteiger partial charge in [-0.2, -0.15) is 0 Å². The molecule has 1 aromatic carbocycles. The molecule has 0 radical (unpaired) electrons. The van der Waals surface area contributed by atoms with Gasteiger partial charge in [0.1, 0.15) is 11.4 Å². The molecule has 0 unspecified atom stereocenters. The highest BCUT2D eigenvalue weighted by atomic mass is 19.1. The molecular formula is C20H24FN3O3. The number of imide groups is 1. The van der Waals surface area contributed by atoms with Gasteiger partial charge >= 0.3 is 0 Å². The first kappa shape index (κ1) is 18.1. The van der Waals surface area contributed by atoms with Crippen LogP contribution in [0.25, 0.3) is 0 Å². The molecule has 0 saturated carbocycles. The van der Waals surface area contributed by atoms with Crippen molar-refractivity contribution in [1.82, 2.24) is 10.2 Å². The van der Waals surface area contributed by atoms with Gasteiger partial charge in [-0.25, -0.2) is 4.39 Å². The van der Waals surface area contributed by atoms with Crippen molar-refractivity contribution in [2.75, 3.05) is 5.32 Å². The molecule has 3 aliphatic rings. The number of nitrogens with one attached hydrogen (secondary N) is 2. The molecule has 2 N–H and O–H groups in total. The largest absolute Gasteiger partial charge is 0.324 e. The topological polar surface area (TPSA) is 78.5 Å². The number of amides is 3. The summed E-state index contributed by atoms with van der Waals surface area (Å²) in [6, 6.07) is 3.70. The maximum Gasteiger partial charge on any atom is 0.250 e. The van der Waals surface area contributed by atoms with Crippen LogP contribution in [0.5, 0.6) is 0 Å². The minimum Gasteiger partial charge on any atom is -0.324 e. The highest BCUT2D eigenvalue weighted by Crippen LogP contribution is 2.54. The molecule has 1 aromatic rings. The summed E-state index contributed by atoms with van der Waals surface area (Å²) in [5.74, 6) is -3.06. The zero-order valence-electron chi connectivity index (χ0n) is 16.1. The third-order valence-electron chi connectivity index (χ3n) is 6.00. The minimum absolute atomic E-state index is 0.0129. The summed E-state index contributed by atoms with van der Waals surface area (Å²) in [4.78, 5) is 41.0. The summed E-state index contributed by atoms with van der Waals surface area (Å²) in [5, 5.41) is 6.06. The van der Waals surface area contributed by atoms with Gasteiger partial charge in [-0.05, 0) is 44.9 Å². The Labute approximate surface area is 157 Å². The van der Waals surface area contributed by atoms with E-state index in [-0.39, 0.29) is 23.8 Å². The molecule has 144 valence electrons. The summed E-state index contributed by atoms with van der Waals surface area (Å²) in [6.07, 6.45) is 0. The molecule has 0 aliphatic carbocycles. The molecule has 0 bridgehead atoms. The van der Waals surface area contributed by atoms with Crippen LogP contribution in [0.15, 0.2) is 18.2 Å². The number of carbonyl (C=O) groups excluding carboxylic acids is 3. The van der Waals surface area contributed by atoms with E-state index < -0.39 is 34.6 Å². The van der Waals surface area contributed by atoms with Gasteiger partial charge in [-0.15, -0.1) is 0 Å². The highest BCUT2D eigenvalue weighted by Gasteiger charge is 2.71. The van der Waals surface area contributed by atoms with E-state index in [1.165, 1.54) is 23.1 Å². The van der Waals surface area contributed by atoms with Gasteiger partial charge in [-0.3, -0.25) is 24.6 Å². The Kier molecular flexibility index (Phi) is 3.60. The highest BCUT2D eigenvalue weighted by molar-refractivity contribution is 6.15. The molecular weight excluding hydrogens is 349 g/mol. The molecule has 3 heterocycles. The van der Waals surface area contributed by atoms with Crippen LogP contribution < -0.4 is 10.6 Å². The molecule has 4 rings (SSSR count). The zero-order valence-corrected chi connectivity index (χ0v) is 16.1. The molecule has 7 heteroatoms. The SMILES string of the molecule is CC(C)[C@H]1N[C@]2(C(=O)Nc3ccc(F)cc32)[C@@H]2C(=O)N(C(C)(C)C)C(=O)[C@H]12. The van der Waals surface area contributed by atoms with Gasteiger partial charge in [0, 0.05) is 22.8 Å². The van der Waals surface area contributed by atoms with Crippen LogP contribution in [0, 0.1) is 23.6 Å². The average molecular weight is 373 g/mol. The standard InChI is InChI=1S/C20H24FN3O3/c1-9(2)15-13-14(17(26)24(16(13)25)19(3,4)5)20(23-15)11-8-10(21)6-7-12(11)22-18(20)27/h6-9,13-15,23H,1-5H3,(H,22,27)/t13-,14-,15+,20-/m0/s1. The fraction of sp³-hybridized carbons (Fsp3) is 0.550. The predicted molar refractivity (Wildman–Crippen MR) is 97.1 cm³/mol. The first-order chi connectivity index (χ1) is 12.5. The van der Waals surface area contributed by atoms with Crippen LogP contribution in [0.2, 0.25) is 0 Å². The lowest BCUT2D eigenvalue weighted by molar-refractivity contribution is -0.148. The van der Waals surface area contributed by atoms with E-state index in [1.54, 1.807) is 20.8 Å². The van der Waals surface area contributed by atoms with Crippen LogP contribution in [0.4, 0.5) is 10.1 Å². The lowest BCUT2D eigenvalue weighted by atomic mass is 9.75. The van der Waals surface area contributed by atoms with Crippen molar-refractivity contribution < 1.29 is 18.8 Å². The van der Waals surface area contributed by atoms with E-state index in [4.69, 9.17) is 0 Å². The van der Waals surface area contributed by atoms with Crippen molar-refractivity contribution in [1.29, 1.82) is 0 Å². The fourth-order valence-corrected chi connectivity index (χ4v) is 4.94. The number of fused-ring (bicyclic) bond motifs is 4. The number of benzene rings is 1. The van der Waals surface area contributed by atoms with Crippen molar-refractivity contribution in [3.05, 3.63) is 29.6 Å². The summed E-state index contributed by atoms with van der Waals surface area (Å²) in [6.45, 7) is 9.30. The Morgan fingerprint density at radius 2 is 1.81 bits per heavy atom. The van der Waals surface area contributed by atoms with E-state index in [1.807, 2.05) is 13.8 Å². The summed E-state index contributed by atoms with van der Waals surface area (Å²) >= 11 is 0. The molecule has 6 nitrogen and oxygen atoms in total. The van der Waals surface area contributed by atoms with Crippen molar-refractivity contribution in [2.45, 2.75) is 51.7 Å². The van der Waals surface area contributed by atoms with Gasteiger partial charge < -0.3 is 5.32 Å². The fourth-order valence-electron chi connectivity index (χ4n) is 4.94. The molecule has 3 amide bonds. The van der Waals surface area contributed by atoms with Crippen LogP contribution in [0.3, 0.4) is 0 Å². The average Bonchev–Trinajstić information content (AvgIpc) is 3.13. The monoisotopic (exact) mass is 373 g/mol. The van der Waals surface area contributed by atoms with E-state index in [2.05, 4.69) is 10.6 Å². The maximum absolute atomic E-state index is 14.0. The second kappa shape index (κ2) is 5.38. The first-order valence-electron chi connectivity index (χ1n) is 9.27. The number of hydrogen-bond acceptors (Lipinski definition) is 4. The molecule has 0 aromatic heterocycles. The molecule has 1 spiro atoms. The van der Waals surface area contributed by atoms with Gasteiger partial charge in [0.05, 0.1) is 11.8 Å². The van der Waals surface area contributed by atoms with Gasteiger partial charge in [0.15, 0.2) is 0 Å². The number of nitrogens with zero attached hydrogens (tertiary/aromatic N) is 1. The molecule has 2 fully saturated rings. The van der Waals surface area contributed by atoms with Crippen LogP contribution >= 0.6 is 0 Å². The van der Waals surface area contributed by atoms with Crippen molar-refractivity contribution >= 4 is 23.4 Å². The summed E-state index contributed by atoms with van der Waals surface area (Å²) in [7, 11) is 0. The molecule has 2 saturated heterocycles. The Morgan fingerprint density at radius 1 is 1.15 bits per heavy atom. The quantitative estimate of drug-likeness (QED) is 0.738. The van der Waals surface area contributed by atoms with Crippen LogP contribution in [-0.4, -0.2) is 34.2 Å². The van der Waals surface area contributed by atoms with Gasteiger partial charge in [0.25, 0.3) is 0 Å². The third-order valence-corrected chi connectivity index (χ3v) is 6.00. The Bertz CT molecular complexity index is 876. The summed E-state index contributed by atoms with van der Waals surface area (Å²) in [5.41, 5.74) is -1.24. The smallest absolute Gasteiger partial charge is 0.250 e. The van der Waals surface area contributed by atoms with E-state index in [0.717, 1.165) is 0 Å². The lowest BCUT2D eigenvalue weighted by Crippen LogP contribution is -2.56. The molecule has 3 aliphatic heterocycles. The van der Waals surface area contributed by atoms with Crippen molar-refractivity contribution in [3.63, 3.8) is 0 Å². The van der Waals surface area contributed by atoms with E-state index in [0.29, 0.717) is 11.3 Å². The van der Waals surface area contributed by atoms with Crippen LogP contribution in [0.1, 0.15) is 40.2 Å². The predicted octanol–water partition coefficient (Wildman–Crippen LogP) is 2.00. The number of carbonyl (C=O) groups is 3. The lowest BCUT2D eigenvalue weighted by Gasteiger charge is -2.35. The van der Waals surface area contributed by atoms with Gasteiger partial charge in [-0.1, -0.05) is 13.8 Å². The third kappa shape index (κ3) is 2.18. The van der Waals surface area contributed by atoms with E-state index >= 15 is 0 Å². The second-order valence-corrected chi connectivity index (χ2v) is 9.05. The Balaban J connectivity index is 1.95. The zero-order chi connectivity index (χ0) is 19.9. The second-order valence-electron chi connectivity index (χ2n) is 9.05. The Morgan fingerprint density at radius 3 is 2.41 bits per heavy atom. The molecule has 4 atom stereocenters. The Hall–Kier alpha value is -2.28. The minimum atomic E-state index is -1.43. The number of likely N-dealkylation sites (tertiary alicyclic amines) is 1. The first-order valence-corrected chi connectivity index (χ1v) is 9.27. The number of hydrogen-bond donors (Lipinski definition) is 2. The summed E-state index contributed by atoms with van der Waals surface area (Å²) < 4.78 is 14.0. The number of anilines is 1. The van der Waals surface area contributed by atoms with Gasteiger partial charge in [0.2, 0.25) is 17.7 Å². The molecule has 27 heavy (non-hydrogen) atoms. The maximum atomic E-state index is 14.0. The number of halogens is 1. The number of rotatable bonds is 1.